The molecule has 1 saturated heterocycles. The van der Waals surface area contributed by atoms with Gasteiger partial charge in [-0.25, -0.2) is 9.37 Å². The van der Waals surface area contributed by atoms with E-state index in [-0.39, 0.29) is 48.1 Å². The molecular formula is C28H28ClFN6O3. The SMILES string of the molecule is O=C(CNCc1nccc2c(=O)[nH]c(COc3ccc(F)c(Cl)c3)nc12)NC1CCN(Cc2ccccc2)C1. The third-order valence-corrected chi connectivity index (χ3v) is 6.77. The van der Waals surface area contributed by atoms with Crippen LogP contribution in [-0.4, -0.2) is 51.4 Å². The highest BCUT2D eigenvalue weighted by Gasteiger charge is 2.23. The van der Waals surface area contributed by atoms with Gasteiger partial charge in [-0.3, -0.25) is 19.5 Å². The zero-order valence-corrected chi connectivity index (χ0v) is 21.9. The maximum atomic E-state index is 13.4. The summed E-state index contributed by atoms with van der Waals surface area (Å²) in [5.74, 6) is -0.0269. The summed E-state index contributed by atoms with van der Waals surface area (Å²) in [5.41, 5.74) is 1.87. The Hall–Kier alpha value is -3.86. The molecule has 0 radical (unpaired) electrons. The monoisotopic (exact) mass is 550 g/mol. The van der Waals surface area contributed by atoms with Crippen LogP contribution in [0, 0.1) is 5.82 Å². The van der Waals surface area contributed by atoms with E-state index in [1.807, 2.05) is 18.2 Å². The van der Waals surface area contributed by atoms with Gasteiger partial charge in [0.25, 0.3) is 5.56 Å². The fourth-order valence-corrected chi connectivity index (χ4v) is 4.76. The smallest absolute Gasteiger partial charge is 0.258 e. The maximum Gasteiger partial charge on any atom is 0.258 e. The first-order valence-corrected chi connectivity index (χ1v) is 13.0. The number of likely N-dealkylation sites (tertiary alicyclic amines) is 1. The number of aromatic amines is 1. The minimum atomic E-state index is -0.550. The highest BCUT2D eigenvalue weighted by Crippen LogP contribution is 2.22. The van der Waals surface area contributed by atoms with Crippen molar-refractivity contribution < 1.29 is 13.9 Å². The van der Waals surface area contributed by atoms with E-state index >= 15 is 0 Å². The Morgan fingerprint density at radius 3 is 2.87 bits per heavy atom. The van der Waals surface area contributed by atoms with Gasteiger partial charge in [0.1, 0.15) is 29.5 Å². The number of halogens is 2. The first kappa shape index (κ1) is 26.7. The number of ether oxygens (including phenoxy) is 1. The quantitative estimate of drug-likeness (QED) is 0.278. The van der Waals surface area contributed by atoms with Gasteiger partial charge in [0, 0.05) is 44.5 Å². The number of amides is 1. The number of aromatic nitrogens is 3. The summed E-state index contributed by atoms with van der Waals surface area (Å²) >= 11 is 5.80. The van der Waals surface area contributed by atoms with Gasteiger partial charge in [-0.15, -0.1) is 0 Å². The summed E-state index contributed by atoms with van der Waals surface area (Å²) in [6.45, 7) is 2.92. The van der Waals surface area contributed by atoms with Crippen LogP contribution in [0.1, 0.15) is 23.5 Å². The Bertz CT molecular complexity index is 1520. The van der Waals surface area contributed by atoms with Crippen LogP contribution in [0.25, 0.3) is 10.9 Å². The summed E-state index contributed by atoms with van der Waals surface area (Å²) in [4.78, 5) is 39.1. The number of hydrogen-bond acceptors (Lipinski definition) is 7. The predicted molar refractivity (Wildman–Crippen MR) is 146 cm³/mol. The molecule has 5 rings (SSSR count). The fraction of sp³-hybridized carbons (Fsp3) is 0.286. The molecule has 39 heavy (non-hydrogen) atoms. The summed E-state index contributed by atoms with van der Waals surface area (Å²) in [6, 6.07) is 16.0. The predicted octanol–water partition coefficient (Wildman–Crippen LogP) is 3.17. The Morgan fingerprint density at radius 1 is 1.21 bits per heavy atom. The topological polar surface area (TPSA) is 112 Å². The van der Waals surface area contributed by atoms with Gasteiger partial charge in [0.2, 0.25) is 5.91 Å². The van der Waals surface area contributed by atoms with Gasteiger partial charge in [-0.2, -0.15) is 0 Å². The maximum absolute atomic E-state index is 13.4. The minimum Gasteiger partial charge on any atom is -0.486 e. The molecule has 1 unspecified atom stereocenters. The molecular weight excluding hydrogens is 523 g/mol. The molecule has 9 nitrogen and oxygen atoms in total. The normalized spacial score (nSPS) is 15.5. The molecule has 2 aromatic heterocycles. The van der Waals surface area contributed by atoms with Crippen molar-refractivity contribution in [3.8, 4) is 5.75 Å². The number of rotatable bonds is 10. The van der Waals surface area contributed by atoms with Crippen LogP contribution in [0.3, 0.4) is 0 Å². The lowest BCUT2D eigenvalue weighted by atomic mass is 10.2. The summed E-state index contributed by atoms with van der Waals surface area (Å²) in [5, 5.41) is 6.51. The fourth-order valence-electron chi connectivity index (χ4n) is 4.59. The molecule has 202 valence electrons. The van der Waals surface area contributed by atoms with Crippen LogP contribution in [-0.2, 0) is 24.5 Å². The molecule has 3 N–H and O–H groups in total. The van der Waals surface area contributed by atoms with Crippen molar-refractivity contribution in [2.24, 2.45) is 0 Å². The Kier molecular flexibility index (Phi) is 8.45. The zero-order chi connectivity index (χ0) is 27.2. The molecule has 2 aromatic carbocycles. The van der Waals surface area contributed by atoms with Crippen LogP contribution in [0.2, 0.25) is 5.02 Å². The van der Waals surface area contributed by atoms with E-state index in [0.717, 1.165) is 26.1 Å². The van der Waals surface area contributed by atoms with Crippen LogP contribution in [0.5, 0.6) is 5.75 Å². The Labute approximate surface area is 229 Å². The number of carbonyl (C=O) groups excluding carboxylic acids is 1. The number of fused-ring (bicyclic) bond motifs is 1. The number of nitrogens with zero attached hydrogens (tertiary/aromatic N) is 3. The Balaban J connectivity index is 1.15. The number of H-pyrrole nitrogens is 1. The van der Waals surface area contributed by atoms with Gasteiger partial charge in [-0.1, -0.05) is 41.9 Å². The largest absolute Gasteiger partial charge is 0.486 e. The van der Waals surface area contributed by atoms with Crippen LogP contribution in [0.4, 0.5) is 4.39 Å². The van der Waals surface area contributed by atoms with E-state index in [0.29, 0.717) is 22.3 Å². The second-order valence-corrected chi connectivity index (χ2v) is 9.82. The van der Waals surface area contributed by atoms with Gasteiger partial charge in [-0.05, 0) is 30.2 Å². The highest BCUT2D eigenvalue weighted by atomic mass is 35.5. The van der Waals surface area contributed by atoms with Crippen molar-refractivity contribution in [2.45, 2.75) is 32.2 Å². The molecule has 11 heteroatoms. The van der Waals surface area contributed by atoms with Crippen LogP contribution < -0.4 is 20.9 Å². The molecule has 1 atom stereocenters. The van der Waals surface area contributed by atoms with Gasteiger partial charge < -0.3 is 20.4 Å². The summed E-state index contributed by atoms with van der Waals surface area (Å²) in [6.07, 6.45) is 2.44. The Morgan fingerprint density at radius 2 is 2.05 bits per heavy atom. The average Bonchev–Trinajstić information content (AvgIpc) is 3.36. The van der Waals surface area contributed by atoms with Crippen LogP contribution in [0.15, 0.2) is 65.6 Å². The van der Waals surface area contributed by atoms with E-state index in [2.05, 4.69) is 42.6 Å². The molecule has 0 aliphatic carbocycles. The van der Waals surface area contributed by atoms with Crippen molar-refractivity contribution in [1.29, 1.82) is 0 Å². The number of hydrogen-bond donors (Lipinski definition) is 3. The molecule has 0 spiro atoms. The molecule has 1 aliphatic heterocycles. The van der Waals surface area contributed by atoms with Crippen LogP contribution >= 0.6 is 11.6 Å². The van der Waals surface area contributed by atoms with Crippen molar-refractivity contribution in [3.05, 3.63) is 99.1 Å². The summed E-state index contributed by atoms with van der Waals surface area (Å²) < 4.78 is 19.0. The van der Waals surface area contributed by atoms with Gasteiger partial charge in [0.15, 0.2) is 0 Å². The number of carbonyl (C=O) groups is 1. The lowest BCUT2D eigenvalue weighted by molar-refractivity contribution is -0.120. The van der Waals surface area contributed by atoms with E-state index in [1.54, 1.807) is 6.07 Å². The molecule has 1 aliphatic rings. The first-order valence-electron chi connectivity index (χ1n) is 12.7. The second kappa shape index (κ2) is 12.3. The van der Waals surface area contributed by atoms with E-state index in [9.17, 15) is 14.0 Å². The van der Waals surface area contributed by atoms with Crippen molar-refractivity contribution in [2.75, 3.05) is 19.6 Å². The van der Waals surface area contributed by atoms with Gasteiger partial charge in [0.05, 0.1) is 22.6 Å². The summed E-state index contributed by atoms with van der Waals surface area (Å²) in [7, 11) is 0. The first-order chi connectivity index (χ1) is 18.9. The lowest BCUT2D eigenvalue weighted by Crippen LogP contribution is -2.41. The molecule has 1 amide bonds. The number of pyridine rings is 1. The van der Waals surface area contributed by atoms with E-state index in [1.165, 1.54) is 30.0 Å². The third kappa shape index (κ3) is 6.97. The molecule has 3 heterocycles. The zero-order valence-electron chi connectivity index (χ0n) is 21.1. The average molecular weight is 551 g/mol. The van der Waals surface area contributed by atoms with Crippen molar-refractivity contribution in [3.63, 3.8) is 0 Å². The van der Waals surface area contributed by atoms with Gasteiger partial charge >= 0.3 is 0 Å². The highest BCUT2D eigenvalue weighted by molar-refractivity contribution is 6.30. The number of nitrogens with one attached hydrogen (secondary N) is 3. The van der Waals surface area contributed by atoms with Crippen molar-refractivity contribution >= 4 is 28.4 Å². The lowest BCUT2D eigenvalue weighted by Gasteiger charge is -2.17. The molecule has 4 aromatic rings. The van der Waals surface area contributed by atoms with E-state index in [4.69, 9.17) is 16.3 Å². The standard InChI is InChI=1S/C28H28ClFN6O3/c29-22-12-20(6-7-23(22)30)39-17-25-34-27-21(28(38)35-25)8-10-32-24(27)13-31-14-26(37)33-19-9-11-36(16-19)15-18-4-2-1-3-5-18/h1-8,10,12,19,31H,9,11,13-17H2,(H,33,37)(H,34,35,38). The third-order valence-electron chi connectivity index (χ3n) is 6.48. The van der Waals surface area contributed by atoms with Crippen molar-refractivity contribution in [1.82, 2.24) is 30.5 Å². The number of benzene rings is 2. The second-order valence-electron chi connectivity index (χ2n) is 9.41. The van der Waals surface area contributed by atoms with E-state index < -0.39 is 5.82 Å². The minimum absolute atomic E-state index is 0.0556. The molecule has 0 saturated carbocycles. The molecule has 1 fully saturated rings. The molecule has 0 bridgehead atoms.